The Morgan fingerprint density at radius 3 is 1.00 bits per heavy atom. The molecule has 0 saturated heterocycles. The molecule has 0 amide bonds. The highest BCUT2D eigenvalue weighted by atomic mass is 24.3. The first-order chi connectivity index (χ1) is 1.00. The summed E-state index contributed by atoms with van der Waals surface area (Å²) in [4.78, 5) is 0. The molecule has 4 heavy (non-hydrogen) atoms. The molecular weight excluding hydrogens is 72.3 g/mol. The van der Waals surface area contributed by atoms with E-state index in [9.17, 15) is 0 Å². The van der Waals surface area contributed by atoms with Gasteiger partial charge in [-0.1, -0.05) is 0 Å². The third kappa shape index (κ3) is 17.2. The van der Waals surface area contributed by atoms with Gasteiger partial charge in [-0.05, 0) is 0 Å². The van der Waals surface area contributed by atoms with E-state index in [-0.39, 0.29) is 28.5 Å². The molecular formula is H6MgO3. The molecule has 0 aromatic rings. The van der Waals surface area contributed by atoms with Gasteiger partial charge in [0.2, 0.25) is 0 Å². The van der Waals surface area contributed by atoms with E-state index in [0.29, 0.717) is 0 Å². The summed E-state index contributed by atoms with van der Waals surface area (Å²) in [5.74, 6) is 0. The van der Waals surface area contributed by atoms with Crippen LogP contribution >= 0.6 is 0 Å². The van der Waals surface area contributed by atoms with Crippen molar-refractivity contribution in [3.63, 3.8) is 0 Å². The van der Waals surface area contributed by atoms with Crippen molar-refractivity contribution >= 4 is 23.1 Å². The molecule has 0 radical (unpaired) electrons. The molecule has 0 aliphatic rings. The molecule has 0 aromatic heterocycles. The molecule has 0 bridgehead atoms. The Morgan fingerprint density at radius 1 is 1.00 bits per heavy atom. The average molecular weight is 78.4 g/mol. The first-order valence-corrected chi connectivity index (χ1v) is 0.200. The van der Waals surface area contributed by atoms with Gasteiger partial charge in [0.15, 0.2) is 0 Å². The van der Waals surface area contributed by atoms with Crippen LogP contribution in [0.3, 0.4) is 0 Å². The first kappa shape index (κ1) is 22.8. The third-order valence-electron chi connectivity index (χ3n) is 0. The van der Waals surface area contributed by atoms with Crippen LogP contribution in [0.1, 0.15) is 0 Å². The fraction of sp³-hybridized carbons (Fsp3) is 0. The Bertz CT molecular complexity index is 3.25. The van der Waals surface area contributed by atoms with Crippen molar-refractivity contribution < 1.29 is 16.0 Å². The van der Waals surface area contributed by atoms with E-state index in [2.05, 4.69) is 0 Å². The molecule has 4 N–H and O–H groups in total. The number of hydrogen-bond donors (Lipinski definition) is 2. The van der Waals surface area contributed by atoms with Gasteiger partial charge in [-0.15, -0.1) is 0 Å². The van der Waals surface area contributed by atoms with Crippen LogP contribution in [0, 0.1) is 0 Å². The zero-order chi connectivity index (χ0) is 2.00. The van der Waals surface area contributed by atoms with Crippen molar-refractivity contribution in [2.45, 2.75) is 0 Å². The minimum Gasteiger partial charge on any atom is -0.412 e. The highest BCUT2D eigenvalue weighted by molar-refractivity contribution is 5.75. The Kier molecular flexibility index (Phi) is 348. The molecule has 26 valence electrons. The van der Waals surface area contributed by atoms with Gasteiger partial charge in [-0.2, -0.15) is 0 Å². The van der Waals surface area contributed by atoms with Crippen molar-refractivity contribution in [1.82, 2.24) is 0 Å². The maximum Gasteiger partial charge on any atom is 0.316 e. The predicted molar refractivity (Wildman–Crippen MR) is 17.4 cm³/mol. The monoisotopic (exact) mass is 78.0 g/mol. The molecule has 0 aliphatic heterocycles. The largest absolute Gasteiger partial charge is 0.412 e. The summed E-state index contributed by atoms with van der Waals surface area (Å²) in [6.45, 7) is 0. The Morgan fingerprint density at radius 2 is 1.00 bits per heavy atom. The molecule has 0 unspecified atom stereocenters. The van der Waals surface area contributed by atoms with Gasteiger partial charge in [0.25, 0.3) is 0 Å². The smallest absolute Gasteiger partial charge is 0.316 e. The maximum absolute atomic E-state index is 6.00. The standard InChI is InChI=1S/Mg.H2O2.H2O.2H/c;1-2;;;/h;1-2H;1H2;;. The van der Waals surface area contributed by atoms with Gasteiger partial charge in [-0.25, -0.2) is 0 Å². The molecule has 0 heterocycles. The second-order valence-corrected chi connectivity index (χ2v) is 0. The Labute approximate surface area is 39.6 Å². The van der Waals surface area contributed by atoms with Crippen LogP contribution in [0.5, 0.6) is 0 Å². The average Bonchev–Trinajstić information content (AvgIpc) is 1.00. The lowest BCUT2D eigenvalue weighted by Crippen LogP contribution is -1.29. The molecule has 4 heteroatoms. The zero-order valence-electron chi connectivity index (χ0n) is 1.39. The molecule has 0 atom stereocenters. The van der Waals surface area contributed by atoms with Gasteiger partial charge in [-0.3, -0.25) is 10.5 Å². The summed E-state index contributed by atoms with van der Waals surface area (Å²) in [6.07, 6.45) is 0. The quantitative estimate of drug-likeness (QED) is 0.205. The van der Waals surface area contributed by atoms with Gasteiger partial charge >= 0.3 is 23.1 Å². The molecule has 3 nitrogen and oxygen atoms in total. The first-order valence-electron chi connectivity index (χ1n) is 0.200. The van der Waals surface area contributed by atoms with E-state index >= 15 is 0 Å². The van der Waals surface area contributed by atoms with Crippen molar-refractivity contribution in [2.24, 2.45) is 0 Å². The highest BCUT2D eigenvalue weighted by Gasteiger charge is 0.745. The molecule has 0 rings (SSSR count). The lowest BCUT2D eigenvalue weighted by molar-refractivity contribution is -0.176. The van der Waals surface area contributed by atoms with E-state index < -0.39 is 0 Å². The van der Waals surface area contributed by atoms with E-state index in [0.717, 1.165) is 0 Å². The van der Waals surface area contributed by atoms with Crippen LogP contribution in [0.15, 0.2) is 0 Å². The fourth-order valence-corrected chi connectivity index (χ4v) is 0. The van der Waals surface area contributed by atoms with E-state index in [1.165, 1.54) is 0 Å². The maximum atomic E-state index is 6.00. The van der Waals surface area contributed by atoms with Crippen molar-refractivity contribution in [2.75, 3.05) is 0 Å². The SMILES string of the molecule is O.OO.[MgH2]. The van der Waals surface area contributed by atoms with Crippen LogP contribution in [0.4, 0.5) is 0 Å². The van der Waals surface area contributed by atoms with Crippen molar-refractivity contribution in [3.8, 4) is 0 Å². The fourth-order valence-electron chi connectivity index (χ4n) is 0. The van der Waals surface area contributed by atoms with Crippen molar-refractivity contribution in [1.29, 1.82) is 0 Å². The minimum atomic E-state index is 0. The topological polar surface area (TPSA) is 72.0 Å². The second-order valence-electron chi connectivity index (χ2n) is 0. The molecule has 0 fully saturated rings. The predicted octanol–water partition coefficient (Wildman–Crippen LogP) is -1.72. The third-order valence-corrected chi connectivity index (χ3v) is 0. The Hall–Kier alpha value is 0.646. The van der Waals surface area contributed by atoms with Gasteiger partial charge in [0.1, 0.15) is 0 Å². The van der Waals surface area contributed by atoms with Gasteiger partial charge < -0.3 is 5.48 Å². The van der Waals surface area contributed by atoms with Crippen LogP contribution in [0.2, 0.25) is 0 Å². The van der Waals surface area contributed by atoms with E-state index in [4.69, 9.17) is 10.5 Å². The lowest BCUT2D eigenvalue weighted by Gasteiger charge is -1.25. The van der Waals surface area contributed by atoms with Crippen molar-refractivity contribution in [3.05, 3.63) is 0 Å². The van der Waals surface area contributed by atoms with E-state index in [1.807, 2.05) is 0 Å². The summed E-state index contributed by atoms with van der Waals surface area (Å²) in [5.41, 5.74) is 0. The molecule has 0 saturated carbocycles. The van der Waals surface area contributed by atoms with Gasteiger partial charge in [0.05, 0.1) is 0 Å². The normalized spacial score (nSPS) is 1.50. The summed E-state index contributed by atoms with van der Waals surface area (Å²) in [5, 5.41) is 12.0. The Balaban J connectivity index is -0.00000000500. The lowest BCUT2D eigenvalue weighted by atomic mass is 15.0. The molecule has 0 aromatic carbocycles. The van der Waals surface area contributed by atoms with E-state index in [1.54, 1.807) is 0 Å². The van der Waals surface area contributed by atoms with Crippen LogP contribution in [-0.2, 0) is 0 Å². The summed E-state index contributed by atoms with van der Waals surface area (Å²) >= 11 is 0. The second kappa shape index (κ2) is 61.1. The van der Waals surface area contributed by atoms with Crippen LogP contribution in [0.25, 0.3) is 0 Å². The van der Waals surface area contributed by atoms with Gasteiger partial charge in [0, 0.05) is 0 Å². The highest BCUT2D eigenvalue weighted by Crippen LogP contribution is 0.711. The summed E-state index contributed by atoms with van der Waals surface area (Å²) in [7, 11) is 0. The minimum absolute atomic E-state index is 0. The summed E-state index contributed by atoms with van der Waals surface area (Å²) < 4.78 is 0. The molecule has 0 aliphatic carbocycles. The molecule has 0 spiro atoms. The number of hydrogen-bond acceptors (Lipinski definition) is 2. The van der Waals surface area contributed by atoms with Crippen LogP contribution < -0.4 is 0 Å². The van der Waals surface area contributed by atoms with Crippen LogP contribution in [-0.4, -0.2) is 39.0 Å². The summed E-state index contributed by atoms with van der Waals surface area (Å²) in [6, 6.07) is 0. The zero-order valence-corrected chi connectivity index (χ0v) is 1.39. The number of rotatable bonds is 0.